The number of aromatic nitrogens is 3. The Hall–Kier alpha value is -1.49. The second-order valence-corrected chi connectivity index (χ2v) is 4.61. The third kappa shape index (κ3) is 2.50. The van der Waals surface area contributed by atoms with Crippen LogP contribution < -0.4 is 5.32 Å². The molecule has 0 fully saturated rings. The van der Waals surface area contributed by atoms with Crippen molar-refractivity contribution >= 4 is 22.4 Å². The molecular weight excluding hydrogens is 208 g/mol. The number of nitrogens with zero attached hydrogens (tertiary/aromatic N) is 3. The van der Waals surface area contributed by atoms with Gasteiger partial charge >= 0.3 is 0 Å². The highest BCUT2D eigenvalue weighted by Gasteiger charge is 2.02. The van der Waals surface area contributed by atoms with Crippen LogP contribution in [0.4, 0.5) is 11.1 Å². The van der Waals surface area contributed by atoms with Crippen molar-refractivity contribution in [2.75, 3.05) is 5.32 Å². The molecule has 2 rings (SSSR count). The number of nitrogens with one attached hydrogen (secondary N) is 1. The minimum Gasteiger partial charge on any atom is -0.300 e. The Labute approximate surface area is 92.4 Å². The Morgan fingerprint density at radius 3 is 2.33 bits per heavy atom. The molecule has 0 saturated carbocycles. The lowest BCUT2D eigenvalue weighted by Gasteiger charge is -2.02. The van der Waals surface area contributed by atoms with Gasteiger partial charge in [-0.1, -0.05) is 0 Å². The van der Waals surface area contributed by atoms with Gasteiger partial charge in [0.15, 0.2) is 5.13 Å². The molecule has 2 aromatic rings. The molecular formula is C10H12N4S. The number of thiazole rings is 1. The SMILES string of the molecule is Cc1cc(C)nc(Nc2ncc(C)s2)n1. The summed E-state index contributed by atoms with van der Waals surface area (Å²) in [5, 5.41) is 3.92. The van der Waals surface area contributed by atoms with Crippen LogP contribution in [-0.4, -0.2) is 15.0 Å². The summed E-state index contributed by atoms with van der Waals surface area (Å²) in [6, 6.07) is 1.94. The van der Waals surface area contributed by atoms with Crippen LogP contribution in [0.15, 0.2) is 12.3 Å². The molecule has 0 saturated heterocycles. The van der Waals surface area contributed by atoms with Gasteiger partial charge in [0, 0.05) is 22.5 Å². The zero-order valence-electron chi connectivity index (χ0n) is 8.90. The minimum absolute atomic E-state index is 0.613. The molecule has 5 heteroatoms. The number of hydrogen-bond acceptors (Lipinski definition) is 5. The number of anilines is 2. The van der Waals surface area contributed by atoms with Gasteiger partial charge in [-0.3, -0.25) is 0 Å². The van der Waals surface area contributed by atoms with Gasteiger partial charge in [0.25, 0.3) is 0 Å². The van der Waals surface area contributed by atoms with Crippen molar-refractivity contribution in [2.45, 2.75) is 20.8 Å². The molecule has 0 spiro atoms. The predicted octanol–water partition coefficient (Wildman–Crippen LogP) is 2.60. The quantitative estimate of drug-likeness (QED) is 0.845. The number of aryl methyl sites for hydroxylation is 3. The summed E-state index contributed by atoms with van der Waals surface area (Å²) in [5.41, 5.74) is 1.91. The summed E-state index contributed by atoms with van der Waals surface area (Å²) in [4.78, 5) is 13.9. The lowest BCUT2D eigenvalue weighted by molar-refractivity contribution is 1.06. The topological polar surface area (TPSA) is 50.7 Å². The van der Waals surface area contributed by atoms with Gasteiger partial charge in [-0.2, -0.15) is 0 Å². The van der Waals surface area contributed by atoms with Crippen LogP contribution in [0.2, 0.25) is 0 Å². The third-order valence-corrected chi connectivity index (χ3v) is 2.65. The average Bonchev–Trinajstić information content (AvgIpc) is 2.49. The third-order valence-electron chi connectivity index (χ3n) is 1.82. The molecule has 0 amide bonds. The highest BCUT2D eigenvalue weighted by atomic mass is 32.1. The van der Waals surface area contributed by atoms with Crippen LogP contribution in [0.3, 0.4) is 0 Å². The Kier molecular flexibility index (Phi) is 2.64. The number of hydrogen-bond donors (Lipinski definition) is 1. The van der Waals surface area contributed by atoms with E-state index in [0.29, 0.717) is 5.95 Å². The van der Waals surface area contributed by atoms with Gasteiger partial charge in [-0.15, -0.1) is 11.3 Å². The Bertz CT molecular complexity index is 458. The summed E-state index contributed by atoms with van der Waals surface area (Å²) >= 11 is 1.59. The Balaban J connectivity index is 2.24. The van der Waals surface area contributed by atoms with E-state index >= 15 is 0 Å². The summed E-state index contributed by atoms with van der Waals surface area (Å²) in [6.45, 7) is 5.92. The molecule has 78 valence electrons. The summed E-state index contributed by atoms with van der Waals surface area (Å²) < 4.78 is 0. The molecule has 0 aliphatic rings. The second-order valence-electron chi connectivity index (χ2n) is 3.38. The molecule has 2 aromatic heterocycles. The average molecular weight is 220 g/mol. The maximum Gasteiger partial charge on any atom is 0.229 e. The normalized spacial score (nSPS) is 10.3. The van der Waals surface area contributed by atoms with Crippen molar-refractivity contribution in [3.05, 3.63) is 28.5 Å². The zero-order valence-corrected chi connectivity index (χ0v) is 9.72. The molecule has 4 nitrogen and oxygen atoms in total. The van der Waals surface area contributed by atoms with E-state index in [4.69, 9.17) is 0 Å². The van der Waals surface area contributed by atoms with E-state index in [0.717, 1.165) is 16.5 Å². The van der Waals surface area contributed by atoms with E-state index in [1.807, 2.05) is 33.0 Å². The van der Waals surface area contributed by atoms with Gasteiger partial charge in [0.05, 0.1) is 0 Å². The molecule has 0 atom stereocenters. The zero-order chi connectivity index (χ0) is 10.8. The van der Waals surface area contributed by atoms with Crippen LogP contribution >= 0.6 is 11.3 Å². The van der Waals surface area contributed by atoms with E-state index in [-0.39, 0.29) is 0 Å². The van der Waals surface area contributed by atoms with E-state index in [2.05, 4.69) is 20.3 Å². The van der Waals surface area contributed by atoms with Gasteiger partial charge < -0.3 is 5.32 Å². The molecule has 0 aliphatic carbocycles. The molecule has 2 heterocycles. The van der Waals surface area contributed by atoms with Gasteiger partial charge in [-0.05, 0) is 26.8 Å². The second kappa shape index (κ2) is 3.94. The van der Waals surface area contributed by atoms with Crippen molar-refractivity contribution in [3.63, 3.8) is 0 Å². The van der Waals surface area contributed by atoms with Crippen molar-refractivity contribution in [2.24, 2.45) is 0 Å². The van der Waals surface area contributed by atoms with Crippen molar-refractivity contribution in [3.8, 4) is 0 Å². The lowest BCUT2D eigenvalue weighted by Crippen LogP contribution is -1.99. The van der Waals surface area contributed by atoms with E-state index in [1.165, 1.54) is 4.88 Å². The molecule has 1 N–H and O–H groups in total. The number of rotatable bonds is 2. The molecule has 0 aliphatic heterocycles. The minimum atomic E-state index is 0.613. The predicted molar refractivity (Wildman–Crippen MR) is 61.6 cm³/mol. The first-order valence-electron chi connectivity index (χ1n) is 4.65. The van der Waals surface area contributed by atoms with Crippen LogP contribution in [-0.2, 0) is 0 Å². The largest absolute Gasteiger partial charge is 0.300 e. The lowest BCUT2D eigenvalue weighted by atomic mass is 10.4. The fourth-order valence-corrected chi connectivity index (χ4v) is 1.95. The van der Waals surface area contributed by atoms with Gasteiger partial charge in [-0.25, -0.2) is 15.0 Å². The molecule has 0 radical (unpaired) electrons. The standard InChI is InChI=1S/C10H12N4S/c1-6-4-7(2)13-9(12-6)14-10-11-5-8(3)15-10/h4-5H,1-3H3,(H,11,12,13,14). The molecule has 0 bridgehead atoms. The molecule has 0 unspecified atom stereocenters. The fourth-order valence-electron chi connectivity index (χ4n) is 1.29. The van der Waals surface area contributed by atoms with Crippen LogP contribution in [0, 0.1) is 20.8 Å². The van der Waals surface area contributed by atoms with E-state index in [1.54, 1.807) is 11.3 Å². The van der Waals surface area contributed by atoms with Crippen molar-refractivity contribution in [1.82, 2.24) is 15.0 Å². The van der Waals surface area contributed by atoms with E-state index in [9.17, 15) is 0 Å². The molecule has 15 heavy (non-hydrogen) atoms. The summed E-state index contributed by atoms with van der Waals surface area (Å²) in [6.07, 6.45) is 1.83. The highest BCUT2D eigenvalue weighted by Crippen LogP contribution is 2.19. The summed E-state index contributed by atoms with van der Waals surface area (Å²) in [7, 11) is 0. The van der Waals surface area contributed by atoms with E-state index < -0.39 is 0 Å². The van der Waals surface area contributed by atoms with Crippen LogP contribution in [0.5, 0.6) is 0 Å². The van der Waals surface area contributed by atoms with Gasteiger partial charge in [0.2, 0.25) is 5.95 Å². The van der Waals surface area contributed by atoms with Crippen molar-refractivity contribution < 1.29 is 0 Å². The van der Waals surface area contributed by atoms with Crippen LogP contribution in [0.25, 0.3) is 0 Å². The summed E-state index contributed by atoms with van der Waals surface area (Å²) in [5.74, 6) is 0.613. The maximum atomic E-state index is 4.28. The first kappa shape index (κ1) is 10.0. The van der Waals surface area contributed by atoms with Gasteiger partial charge in [0.1, 0.15) is 0 Å². The Morgan fingerprint density at radius 1 is 1.13 bits per heavy atom. The first-order valence-corrected chi connectivity index (χ1v) is 5.47. The van der Waals surface area contributed by atoms with Crippen molar-refractivity contribution in [1.29, 1.82) is 0 Å². The first-order chi connectivity index (χ1) is 7.13. The smallest absolute Gasteiger partial charge is 0.229 e. The highest BCUT2D eigenvalue weighted by molar-refractivity contribution is 7.15. The Morgan fingerprint density at radius 2 is 1.80 bits per heavy atom. The molecule has 0 aromatic carbocycles. The van der Waals surface area contributed by atoms with Crippen LogP contribution in [0.1, 0.15) is 16.3 Å². The fraction of sp³-hybridized carbons (Fsp3) is 0.300. The maximum absolute atomic E-state index is 4.28. The monoisotopic (exact) mass is 220 g/mol.